The van der Waals surface area contributed by atoms with E-state index in [1.54, 1.807) is 36.4 Å². The predicted octanol–water partition coefficient (Wildman–Crippen LogP) is 0.210. The number of rotatable bonds is 5. The molecule has 0 unspecified atom stereocenters. The number of hydrogen-bond acceptors (Lipinski definition) is 9. The van der Waals surface area contributed by atoms with E-state index in [1.165, 1.54) is 45.2 Å². The van der Waals surface area contributed by atoms with E-state index in [-0.39, 0.29) is 11.1 Å². The number of carbonyl (C=O) groups excluding carboxylic acids is 6. The van der Waals surface area contributed by atoms with E-state index in [9.17, 15) is 28.8 Å². The van der Waals surface area contributed by atoms with Crippen molar-refractivity contribution in [3.8, 4) is 5.75 Å². The minimum Gasteiger partial charge on any atom is -0.497 e. The second kappa shape index (κ2) is 8.71. The number of anilines is 1. The summed E-state index contributed by atoms with van der Waals surface area (Å²) in [4.78, 5) is 83.7. The number of likely N-dealkylation sites (tertiary alicyclic amines) is 1. The van der Waals surface area contributed by atoms with Crippen LogP contribution in [0, 0.1) is 11.8 Å². The van der Waals surface area contributed by atoms with Crippen molar-refractivity contribution in [1.29, 1.82) is 0 Å². The van der Waals surface area contributed by atoms with Gasteiger partial charge in [-0.3, -0.25) is 43.9 Å². The fraction of sp³-hybridized carbons (Fsp3) is 0.357. The average Bonchev–Trinajstić information content (AvgIpc) is 3.50. The van der Waals surface area contributed by atoms with Crippen LogP contribution in [0.25, 0.3) is 0 Å². The summed E-state index contributed by atoms with van der Waals surface area (Å²) in [5.74, 6) is -5.27. The maximum atomic E-state index is 13.8. The Balaban J connectivity index is 1.48. The largest absolute Gasteiger partial charge is 0.497 e. The average molecular weight is 547 g/mol. The molecule has 40 heavy (non-hydrogen) atoms. The van der Waals surface area contributed by atoms with E-state index >= 15 is 0 Å². The third-order valence-corrected chi connectivity index (χ3v) is 8.59. The van der Waals surface area contributed by atoms with Crippen molar-refractivity contribution in [3.63, 3.8) is 0 Å². The Bertz CT molecular complexity index is 1470. The van der Waals surface area contributed by atoms with Gasteiger partial charge in [0.2, 0.25) is 11.8 Å². The van der Waals surface area contributed by atoms with Crippen LogP contribution in [-0.2, 0) is 23.9 Å². The zero-order valence-corrected chi connectivity index (χ0v) is 22.1. The summed E-state index contributed by atoms with van der Waals surface area (Å²) >= 11 is 0. The van der Waals surface area contributed by atoms with Crippen LogP contribution in [-0.4, -0.2) is 90.2 Å². The molecule has 3 saturated heterocycles. The molecular formula is C28H26N4O8. The molecule has 4 heterocycles. The summed E-state index contributed by atoms with van der Waals surface area (Å²) in [7, 11) is 4.02. The van der Waals surface area contributed by atoms with Gasteiger partial charge in [0.25, 0.3) is 17.7 Å². The topological polar surface area (TPSA) is 143 Å². The van der Waals surface area contributed by atoms with Crippen LogP contribution in [0.5, 0.6) is 5.75 Å². The Morgan fingerprint density at radius 2 is 1.45 bits per heavy atom. The van der Waals surface area contributed by atoms with Crippen molar-refractivity contribution in [2.45, 2.75) is 30.6 Å². The lowest BCUT2D eigenvalue weighted by Crippen LogP contribution is -2.78. The highest BCUT2D eigenvalue weighted by Crippen LogP contribution is 2.48. The van der Waals surface area contributed by atoms with E-state index in [2.05, 4.69) is 5.32 Å². The molecule has 0 aromatic heterocycles. The number of nitrogens with one attached hydrogen (secondary N) is 1. The molecule has 12 heteroatoms. The van der Waals surface area contributed by atoms with Gasteiger partial charge in [-0.25, -0.2) is 0 Å². The number of imide groups is 2. The van der Waals surface area contributed by atoms with Crippen LogP contribution in [0.1, 0.15) is 27.6 Å². The zero-order chi connectivity index (χ0) is 28.7. The van der Waals surface area contributed by atoms with Gasteiger partial charge < -0.3 is 14.4 Å². The number of amides is 5. The minimum atomic E-state index is -1.60. The van der Waals surface area contributed by atoms with Crippen molar-refractivity contribution in [3.05, 3.63) is 59.7 Å². The molecule has 206 valence electrons. The molecular weight excluding hydrogens is 520 g/mol. The van der Waals surface area contributed by atoms with Gasteiger partial charge in [-0.15, -0.1) is 0 Å². The summed E-state index contributed by atoms with van der Waals surface area (Å²) in [6, 6.07) is 9.61. The van der Waals surface area contributed by atoms with Gasteiger partial charge in [-0.05, 0) is 43.3 Å². The molecule has 12 nitrogen and oxygen atoms in total. The molecule has 0 bridgehead atoms. The second-order valence-corrected chi connectivity index (χ2v) is 10.5. The Morgan fingerprint density at radius 3 is 2.00 bits per heavy atom. The molecule has 2 aromatic rings. The van der Waals surface area contributed by atoms with Crippen LogP contribution >= 0.6 is 0 Å². The number of fused-ring (bicyclic) bond motifs is 2. The SMILES string of the molecule is COC(=O)[C@@]1(C)N[C@@H]([C@H]2[C@@H](N3C(=O)c4ccccc4C3=O)C(=O)N2c2ccc(OC)cc2)[C@H]2C(=O)N(C)C(=O)[C@H]21. The van der Waals surface area contributed by atoms with Gasteiger partial charge >= 0.3 is 5.97 Å². The number of benzene rings is 2. The standard InChI is InChI=1S/C28H26N4O8/c1-28(27(38)40-4)18-17(24(35)30(2)25(18)36)19(29-28)20-21(26(37)31(20)13-9-11-14(39-3)12-10-13)32-22(33)15-7-5-6-8-16(15)23(32)34/h5-12,17-21,29H,1-4H3/t17-,18-,19+,20-,21+,28-/m0/s1. The van der Waals surface area contributed by atoms with E-state index in [0.29, 0.717) is 11.4 Å². The molecule has 4 aliphatic heterocycles. The van der Waals surface area contributed by atoms with E-state index in [4.69, 9.17) is 9.47 Å². The van der Waals surface area contributed by atoms with E-state index < -0.39 is 71.0 Å². The second-order valence-electron chi connectivity index (χ2n) is 10.5. The van der Waals surface area contributed by atoms with Crippen molar-refractivity contribution in [2.75, 3.05) is 26.2 Å². The first-order chi connectivity index (χ1) is 19.1. The lowest BCUT2D eigenvalue weighted by molar-refractivity contribution is -0.153. The normalized spacial score (nSPS) is 30.9. The van der Waals surface area contributed by atoms with Crippen LogP contribution in [0.2, 0.25) is 0 Å². The van der Waals surface area contributed by atoms with Crippen LogP contribution in [0.15, 0.2) is 48.5 Å². The van der Waals surface area contributed by atoms with Crippen molar-refractivity contribution >= 4 is 41.2 Å². The van der Waals surface area contributed by atoms with Gasteiger partial charge in [0.15, 0.2) is 0 Å². The Morgan fingerprint density at radius 1 is 0.850 bits per heavy atom. The van der Waals surface area contributed by atoms with Gasteiger partial charge in [-0.1, -0.05) is 12.1 Å². The molecule has 2 aromatic carbocycles. The van der Waals surface area contributed by atoms with Crippen LogP contribution in [0.3, 0.4) is 0 Å². The monoisotopic (exact) mass is 546 g/mol. The molecule has 3 fully saturated rings. The van der Waals surface area contributed by atoms with Gasteiger partial charge in [0.1, 0.15) is 17.3 Å². The third kappa shape index (κ3) is 3.16. The first kappa shape index (κ1) is 25.7. The third-order valence-electron chi connectivity index (χ3n) is 8.59. The molecule has 0 spiro atoms. The van der Waals surface area contributed by atoms with Gasteiger partial charge in [0.05, 0.1) is 43.2 Å². The zero-order valence-electron chi connectivity index (χ0n) is 22.1. The maximum Gasteiger partial charge on any atom is 0.326 e. The highest BCUT2D eigenvalue weighted by molar-refractivity contribution is 6.25. The van der Waals surface area contributed by atoms with Gasteiger partial charge in [0, 0.05) is 18.8 Å². The summed E-state index contributed by atoms with van der Waals surface area (Å²) in [6.07, 6.45) is 0. The fourth-order valence-electron chi connectivity index (χ4n) is 6.64. The molecule has 1 N–H and O–H groups in total. The van der Waals surface area contributed by atoms with Crippen LogP contribution in [0.4, 0.5) is 5.69 Å². The highest BCUT2D eigenvalue weighted by atomic mass is 16.5. The number of ether oxygens (including phenoxy) is 2. The van der Waals surface area contributed by atoms with E-state index in [0.717, 1.165) is 9.80 Å². The quantitative estimate of drug-likeness (QED) is 0.316. The lowest BCUT2D eigenvalue weighted by Gasteiger charge is -2.52. The number of methoxy groups -OCH3 is 2. The number of carbonyl (C=O) groups is 6. The summed E-state index contributed by atoms with van der Waals surface area (Å²) in [5.41, 5.74) is -0.826. The molecule has 5 amide bonds. The maximum absolute atomic E-state index is 13.8. The molecule has 0 saturated carbocycles. The smallest absolute Gasteiger partial charge is 0.326 e. The van der Waals surface area contributed by atoms with Crippen molar-refractivity contribution in [2.24, 2.45) is 11.8 Å². The van der Waals surface area contributed by atoms with Crippen LogP contribution < -0.4 is 15.0 Å². The minimum absolute atomic E-state index is 0.172. The number of β-lactam (4-membered cyclic amide) rings is 1. The number of nitrogens with zero attached hydrogens (tertiary/aromatic N) is 3. The summed E-state index contributed by atoms with van der Waals surface area (Å²) < 4.78 is 10.2. The summed E-state index contributed by atoms with van der Waals surface area (Å²) in [6.45, 7) is 1.48. The van der Waals surface area contributed by atoms with Crippen molar-refractivity contribution in [1.82, 2.24) is 15.1 Å². The summed E-state index contributed by atoms with van der Waals surface area (Å²) in [5, 5.41) is 3.14. The molecule has 4 aliphatic rings. The predicted molar refractivity (Wildman–Crippen MR) is 137 cm³/mol. The Hall–Kier alpha value is -4.58. The molecule has 0 radical (unpaired) electrons. The van der Waals surface area contributed by atoms with Gasteiger partial charge in [-0.2, -0.15) is 0 Å². The highest BCUT2D eigenvalue weighted by Gasteiger charge is 2.71. The van der Waals surface area contributed by atoms with E-state index in [1.807, 2.05) is 0 Å². The fourth-order valence-corrected chi connectivity index (χ4v) is 6.64. The molecule has 6 rings (SSSR count). The Labute approximate surface area is 228 Å². The molecule has 6 atom stereocenters. The lowest BCUT2D eigenvalue weighted by atomic mass is 9.76. The number of hydrogen-bond donors (Lipinski definition) is 1. The molecule has 0 aliphatic carbocycles. The van der Waals surface area contributed by atoms with Crippen molar-refractivity contribution < 1.29 is 38.2 Å². The first-order valence-corrected chi connectivity index (χ1v) is 12.7. The Kier molecular flexibility index (Phi) is 5.60. The number of esters is 1. The first-order valence-electron chi connectivity index (χ1n) is 12.7.